The summed E-state index contributed by atoms with van der Waals surface area (Å²) in [7, 11) is 0. The van der Waals surface area contributed by atoms with Gasteiger partial charge in [-0.2, -0.15) is 0 Å². The number of aliphatic hydroxyl groups is 1. The molecule has 1 saturated carbocycles. The van der Waals surface area contributed by atoms with E-state index in [1.54, 1.807) is 0 Å². The fourth-order valence-electron chi connectivity index (χ4n) is 4.61. The Morgan fingerprint density at radius 3 is 2.19 bits per heavy atom. The highest BCUT2D eigenvalue weighted by Crippen LogP contribution is 2.48. The van der Waals surface area contributed by atoms with Gasteiger partial charge < -0.3 is 10.8 Å². The van der Waals surface area contributed by atoms with Crippen molar-refractivity contribution in [3.8, 4) is 0 Å². The first-order valence-corrected chi connectivity index (χ1v) is 8.68. The van der Waals surface area contributed by atoms with Gasteiger partial charge in [0.05, 0.1) is 5.60 Å². The average molecular weight is 287 g/mol. The summed E-state index contributed by atoms with van der Waals surface area (Å²) >= 11 is 0. The van der Waals surface area contributed by atoms with Crippen LogP contribution >= 0.6 is 0 Å². The van der Waals surface area contributed by atoms with E-state index in [2.05, 4.69) is 24.3 Å². The maximum Gasteiger partial charge on any atom is 0.0759 e. The van der Waals surface area contributed by atoms with Crippen LogP contribution in [0.3, 0.4) is 0 Å². The van der Waals surface area contributed by atoms with Gasteiger partial charge in [-0.05, 0) is 36.8 Å². The van der Waals surface area contributed by atoms with Crippen LogP contribution in [0.15, 0.2) is 24.3 Å². The van der Waals surface area contributed by atoms with Crippen LogP contribution in [0.25, 0.3) is 0 Å². The highest BCUT2D eigenvalue weighted by atomic mass is 16.3. The van der Waals surface area contributed by atoms with E-state index in [1.165, 1.54) is 43.2 Å². The summed E-state index contributed by atoms with van der Waals surface area (Å²) in [6, 6.07) is 8.60. The molecule has 1 fully saturated rings. The Morgan fingerprint density at radius 2 is 1.52 bits per heavy atom. The summed E-state index contributed by atoms with van der Waals surface area (Å²) in [5.41, 5.74) is 8.31. The van der Waals surface area contributed by atoms with E-state index in [9.17, 15) is 5.11 Å². The van der Waals surface area contributed by atoms with E-state index in [-0.39, 0.29) is 5.41 Å². The van der Waals surface area contributed by atoms with E-state index in [0.29, 0.717) is 6.54 Å². The SMILES string of the molecule is NCC1(C2(O)CCc3ccccc3C2)CCCCCCC1. The van der Waals surface area contributed by atoms with Crippen LogP contribution in [0.1, 0.15) is 62.5 Å². The normalized spacial score (nSPS) is 29.2. The van der Waals surface area contributed by atoms with Gasteiger partial charge >= 0.3 is 0 Å². The number of benzene rings is 1. The van der Waals surface area contributed by atoms with Crippen molar-refractivity contribution in [1.82, 2.24) is 0 Å². The molecular formula is C19H29NO. The highest BCUT2D eigenvalue weighted by Gasteiger charge is 2.49. The van der Waals surface area contributed by atoms with Crippen LogP contribution in [0.5, 0.6) is 0 Å². The molecule has 0 aliphatic heterocycles. The molecule has 1 unspecified atom stereocenters. The zero-order chi connectivity index (χ0) is 14.8. The molecule has 0 heterocycles. The smallest absolute Gasteiger partial charge is 0.0759 e. The molecule has 0 amide bonds. The zero-order valence-corrected chi connectivity index (χ0v) is 13.1. The van der Waals surface area contributed by atoms with E-state index in [0.717, 1.165) is 32.1 Å². The van der Waals surface area contributed by atoms with Gasteiger partial charge in [-0.15, -0.1) is 0 Å². The molecule has 0 saturated heterocycles. The first-order valence-electron chi connectivity index (χ1n) is 8.68. The van der Waals surface area contributed by atoms with Gasteiger partial charge in [0.2, 0.25) is 0 Å². The molecule has 21 heavy (non-hydrogen) atoms. The molecule has 0 aromatic heterocycles. The third-order valence-corrected chi connectivity index (χ3v) is 6.10. The summed E-state index contributed by atoms with van der Waals surface area (Å²) in [6.45, 7) is 0.631. The predicted octanol–water partition coefficient (Wildman–Crippen LogP) is 3.60. The summed E-state index contributed by atoms with van der Waals surface area (Å²) in [4.78, 5) is 0. The topological polar surface area (TPSA) is 46.2 Å². The Hall–Kier alpha value is -0.860. The van der Waals surface area contributed by atoms with Crippen LogP contribution in [0, 0.1) is 5.41 Å². The molecular weight excluding hydrogens is 258 g/mol. The van der Waals surface area contributed by atoms with Crippen molar-refractivity contribution in [3.63, 3.8) is 0 Å². The van der Waals surface area contributed by atoms with Crippen molar-refractivity contribution in [2.75, 3.05) is 6.54 Å². The lowest BCUT2D eigenvalue weighted by Gasteiger charge is -2.50. The number of hydrogen-bond donors (Lipinski definition) is 2. The van der Waals surface area contributed by atoms with Crippen molar-refractivity contribution in [3.05, 3.63) is 35.4 Å². The van der Waals surface area contributed by atoms with Crippen molar-refractivity contribution < 1.29 is 5.11 Å². The maximum atomic E-state index is 11.5. The first kappa shape index (κ1) is 15.1. The van der Waals surface area contributed by atoms with Crippen LogP contribution < -0.4 is 5.73 Å². The molecule has 3 rings (SSSR count). The van der Waals surface area contributed by atoms with Gasteiger partial charge in [0.25, 0.3) is 0 Å². The van der Waals surface area contributed by atoms with Crippen molar-refractivity contribution in [2.45, 2.75) is 69.8 Å². The molecule has 0 spiro atoms. The molecule has 2 aliphatic rings. The minimum atomic E-state index is -0.604. The summed E-state index contributed by atoms with van der Waals surface area (Å²) < 4.78 is 0. The Labute approximate surface area is 128 Å². The number of rotatable bonds is 2. The van der Waals surface area contributed by atoms with Gasteiger partial charge in [-0.25, -0.2) is 0 Å². The lowest BCUT2D eigenvalue weighted by atomic mass is 9.59. The van der Waals surface area contributed by atoms with Crippen LogP contribution in [-0.4, -0.2) is 17.3 Å². The van der Waals surface area contributed by atoms with Gasteiger partial charge in [0.1, 0.15) is 0 Å². The molecule has 2 heteroatoms. The van der Waals surface area contributed by atoms with E-state index in [4.69, 9.17) is 5.73 Å². The van der Waals surface area contributed by atoms with Crippen molar-refractivity contribution in [2.24, 2.45) is 11.1 Å². The van der Waals surface area contributed by atoms with E-state index in [1.807, 2.05) is 0 Å². The molecule has 0 bridgehead atoms. The Kier molecular flexibility index (Phi) is 4.37. The molecule has 1 aromatic rings. The zero-order valence-electron chi connectivity index (χ0n) is 13.1. The monoisotopic (exact) mass is 287 g/mol. The predicted molar refractivity (Wildman–Crippen MR) is 87.2 cm³/mol. The van der Waals surface area contributed by atoms with Gasteiger partial charge in [-0.3, -0.25) is 0 Å². The molecule has 1 atom stereocenters. The first-order chi connectivity index (χ1) is 10.2. The minimum absolute atomic E-state index is 0.0685. The Morgan fingerprint density at radius 1 is 0.905 bits per heavy atom. The second kappa shape index (κ2) is 6.10. The fourth-order valence-corrected chi connectivity index (χ4v) is 4.61. The quantitative estimate of drug-likeness (QED) is 0.873. The highest BCUT2D eigenvalue weighted by molar-refractivity contribution is 5.32. The van der Waals surface area contributed by atoms with Gasteiger partial charge in [0, 0.05) is 18.4 Å². The third kappa shape index (κ3) is 2.76. The minimum Gasteiger partial charge on any atom is -0.389 e. The summed E-state index contributed by atoms with van der Waals surface area (Å²) in [5.74, 6) is 0. The number of nitrogens with two attached hydrogens (primary N) is 1. The van der Waals surface area contributed by atoms with E-state index >= 15 is 0 Å². The summed E-state index contributed by atoms with van der Waals surface area (Å²) in [6.07, 6.45) is 11.3. The second-order valence-electron chi connectivity index (χ2n) is 7.23. The maximum absolute atomic E-state index is 11.5. The van der Waals surface area contributed by atoms with Gasteiger partial charge in [0.15, 0.2) is 0 Å². The Bertz CT molecular complexity index is 476. The van der Waals surface area contributed by atoms with Crippen molar-refractivity contribution >= 4 is 0 Å². The molecule has 1 aromatic carbocycles. The second-order valence-corrected chi connectivity index (χ2v) is 7.23. The fraction of sp³-hybridized carbons (Fsp3) is 0.684. The molecule has 3 N–H and O–H groups in total. The van der Waals surface area contributed by atoms with Gasteiger partial charge in [-0.1, -0.05) is 56.4 Å². The van der Waals surface area contributed by atoms with Crippen molar-refractivity contribution in [1.29, 1.82) is 0 Å². The van der Waals surface area contributed by atoms with Crippen LogP contribution in [-0.2, 0) is 12.8 Å². The lowest BCUT2D eigenvalue weighted by Crippen LogP contribution is -2.56. The lowest BCUT2D eigenvalue weighted by molar-refractivity contribution is -0.103. The molecule has 116 valence electrons. The standard InChI is InChI=1S/C19H29NO/c20-15-18(11-6-2-1-3-7-12-18)19(21)13-10-16-8-4-5-9-17(16)14-19/h4-5,8-9,21H,1-3,6-7,10-15,20H2. The number of fused-ring (bicyclic) bond motifs is 1. The van der Waals surface area contributed by atoms with Crippen LogP contribution in [0.4, 0.5) is 0 Å². The largest absolute Gasteiger partial charge is 0.389 e. The summed E-state index contributed by atoms with van der Waals surface area (Å²) in [5, 5.41) is 11.5. The average Bonchev–Trinajstić information content (AvgIpc) is 2.47. The number of hydrogen-bond acceptors (Lipinski definition) is 2. The Balaban J connectivity index is 1.88. The molecule has 2 nitrogen and oxygen atoms in total. The number of aryl methyl sites for hydroxylation is 1. The van der Waals surface area contributed by atoms with Crippen LogP contribution in [0.2, 0.25) is 0 Å². The third-order valence-electron chi connectivity index (χ3n) is 6.10. The van der Waals surface area contributed by atoms with E-state index < -0.39 is 5.60 Å². The molecule has 0 radical (unpaired) electrons. The molecule has 2 aliphatic carbocycles.